The molecule has 0 aliphatic carbocycles. The van der Waals surface area contributed by atoms with Gasteiger partial charge < -0.3 is 9.88 Å². The Hall–Kier alpha value is -2.73. The van der Waals surface area contributed by atoms with E-state index in [-0.39, 0.29) is 0 Å². The number of nitrogens with zero attached hydrogens (tertiary/aromatic N) is 5. The number of benzene rings is 1. The molecule has 4 rings (SSSR count). The number of hydrogen-bond donors (Lipinski definition) is 1. The third-order valence-corrected chi connectivity index (χ3v) is 4.31. The van der Waals surface area contributed by atoms with E-state index in [2.05, 4.69) is 37.1 Å². The fourth-order valence-electron chi connectivity index (χ4n) is 3.07. The number of pyridine rings is 1. The average molecular weight is 320 g/mol. The van der Waals surface area contributed by atoms with Crippen LogP contribution in [0.4, 0.5) is 0 Å². The van der Waals surface area contributed by atoms with E-state index in [0.29, 0.717) is 0 Å². The molecule has 0 spiro atoms. The van der Waals surface area contributed by atoms with Gasteiger partial charge in [0.05, 0.1) is 23.1 Å². The van der Waals surface area contributed by atoms with E-state index in [4.69, 9.17) is 0 Å². The van der Waals surface area contributed by atoms with E-state index < -0.39 is 0 Å². The molecular weight excluding hydrogens is 300 g/mol. The zero-order valence-corrected chi connectivity index (χ0v) is 13.9. The highest BCUT2D eigenvalue weighted by atomic mass is 15.3. The summed E-state index contributed by atoms with van der Waals surface area (Å²) < 4.78 is 4.00. The third-order valence-electron chi connectivity index (χ3n) is 4.31. The molecule has 0 aliphatic rings. The summed E-state index contributed by atoms with van der Waals surface area (Å²) in [6.07, 6.45) is 3.82. The van der Waals surface area contributed by atoms with Crippen molar-refractivity contribution in [3.63, 3.8) is 0 Å². The monoisotopic (exact) mass is 320 g/mol. The lowest BCUT2D eigenvalue weighted by molar-refractivity contribution is 0.606. The fourth-order valence-corrected chi connectivity index (χ4v) is 3.07. The van der Waals surface area contributed by atoms with Crippen molar-refractivity contribution in [1.29, 1.82) is 0 Å². The maximum atomic E-state index is 4.52. The normalized spacial score (nSPS) is 11.6. The molecule has 4 aromatic rings. The quantitative estimate of drug-likeness (QED) is 0.574. The molecule has 1 aromatic carbocycles. The summed E-state index contributed by atoms with van der Waals surface area (Å²) in [7, 11) is 1.93. The van der Waals surface area contributed by atoms with Gasteiger partial charge in [-0.3, -0.25) is 4.68 Å². The van der Waals surface area contributed by atoms with Crippen molar-refractivity contribution in [3.8, 4) is 0 Å². The summed E-state index contributed by atoms with van der Waals surface area (Å²) >= 11 is 0. The van der Waals surface area contributed by atoms with Gasteiger partial charge >= 0.3 is 0 Å². The van der Waals surface area contributed by atoms with Crippen LogP contribution in [0.3, 0.4) is 0 Å². The Morgan fingerprint density at radius 1 is 1.17 bits per heavy atom. The molecule has 0 unspecified atom stereocenters. The van der Waals surface area contributed by atoms with Gasteiger partial charge in [-0.1, -0.05) is 12.1 Å². The number of aryl methyl sites for hydroxylation is 2. The number of para-hydroxylation sites is 2. The van der Waals surface area contributed by atoms with Crippen LogP contribution in [-0.2, 0) is 20.1 Å². The standard InChI is InChI=1S/C18H20N6/c1-13-15-9-14(11-20-18(15)23(2)22-13)10-19-7-8-24-12-21-16-5-3-4-6-17(16)24/h3-6,9,11-12,19H,7-8,10H2,1-2H3. The Balaban J connectivity index is 1.40. The molecule has 3 aromatic heterocycles. The van der Waals surface area contributed by atoms with Crippen LogP contribution in [0.2, 0.25) is 0 Å². The zero-order valence-electron chi connectivity index (χ0n) is 13.9. The summed E-state index contributed by atoms with van der Waals surface area (Å²) in [6, 6.07) is 10.4. The van der Waals surface area contributed by atoms with Crippen molar-refractivity contribution >= 4 is 22.1 Å². The highest BCUT2D eigenvalue weighted by molar-refractivity contribution is 5.78. The molecular formula is C18H20N6. The van der Waals surface area contributed by atoms with Gasteiger partial charge in [-0.15, -0.1) is 0 Å². The minimum absolute atomic E-state index is 0.796. The van der Waals surface area contributed by atoms with E-state index >= 15 is 0 Å². The minimum atomic E-state index is 0.796. The highest BCUT2D eigenvalue weighted by Crippen LogP contribution is 2.16. The van der Waals surface area contributed by atoms with Crippen molar-refractivity contribution < 1.29 is 0 Å². The lowest BCUT2D eigenvalue weighted by atomic mass is 10.2. The average Bonchev–Trinajstić information content (AvgIpc) is 3.13. The number of hydrogen-bond acceptors (Lipinski definition) is 4. The molecule has 122 valence electrons. The van der Waals surface area contributed by atoms with E-state index in [1.807, 2.05) is 49.4 Å². The van der Waals surface area contributed by atoms with E-state index in [1.54, 1.807) is 0 Å². The molecule has 1 N–H and O–H groups in total. The van der Waals surface area contributed by atoms with Crippen LogP contribution < -0.4 is 5.32 Å². The first-order valence-corrected chi connectivity index (χ1v) is 8.11. The summed E-state index contributed by atoms with van der Waals surface area (Å²) in [6.45, 7) is 4.59. The number of rotatable bonds is 5. The fraction of sp³-hybridized carbons (Fsp3) is 0.278. The molecule has 0 amide bonds. The van der Waals surface area contributed by atoms with E-state index in [0.717, 1.165) is 41.9 Å². The van der Waals surface area contributed by atoms with Gasteiger partial charge in [-0.25, -0.2) is 9.97 Å². The Morgan fingerprint density at radius 2 is 2.04 bits per heavy atom. The van der Waals surface area contributed by atoms with Crippen molar-refractivity contribution in [3.05, 3.63) is 54.1 Å². The van der Waals surface area contributed by atoms with Crippen LogP contribution in [0.25, 0.3) is 22.1 Å². The predicted molar refractivity (Wildman–Crippen MR) is 94.7 cm³/mol. The molecule has 3 heterocycles. The number of aromatic nitrogens is 5. The molecule has 24 heavy (non-hydrogen) atoms. The van der Waals surface area contributed by atoms with Gasteiger partial charge in [-0.2, -0.15) is 5.10 Å². The van der Waals surface area contributed by atoms with Gasteiger partial charge in [-0.05, 0) is 30.7 Å². The van der Waals surface area contributed by atoms with Gasteiger partial charge in [0.2, 0.25) is 0 Å². The van der Waals surface area contributed by atoms with Crippen LogP contribution in [0.5, 0.6) is 0 Å². The largest absolute Gasteiger partial charge is 0.329 e. The van der Waals surface area contributed by atoms with E-state index in [1.165, 1.54) is 11.1 Å². The second-order valence-electron chi connectivity index (χ2n) is 6.03. The minimum Gasteiger partial charge on any atom is -0.329 e. The van der Waals surface area contributed by atoms with Crippen molar-refractivity contribution in [1.82, 2.24) is 29.6 Å². The molecule has 0 saturated carbocycles. The predicted octanol–water partition coefficient (Wildman–Crippen LogP) is 2.42. The maximum absolute atomic E-state index is 4.52. The summed E-state index contributed by atoms with van der Waals surface area (Å²) in [5.41, 5.74) is 5.34. The second kappa shape index (κ2) is 6.05. The van der Waals surface area contributed by atoms with Crippen molar-refractivity contribution in [2.24, 2.45) is 7.05 Å². The maximum Gasteiger partial charge on any atom is 0.157 e. The molecule has 6 heteroatoms. The molecule has 0 saturated heterocycles. The first kappa shape index (κ1) is 14.8. The first-order chi connectivity index (χ1) is 11.7. The molecule has 0 fully saturated rings. The van der Waals surface area contributed by atoms with Gasteiger partial charge in [0.1, 0.15) is 0 Å². The number of nitrogens with one attached hydrogen (secondary N) is 1. The van der Waals surface area contributed by atoms with Crippen LogP contribution in [0.1, 0.15) is 11.3 Å². The molecule has 0 aliphatic heterocycles. The Bertz CT molecular complexity index is 997. The SMILES string of the molecule is Cc1nn(C)c2ncc(CNCCn3cnc4ccccc43)cc12. The summed E-state index contributed by atoms with van der Waals surface area (Å²) in [5, 5.41) is 9.02. The smallest absolute Gasteiger partial charge is 0.157 e. The van der Waals surface area contributed by atoms with Crippen molar-refractivity contribution in [2.75, 3.05) is 6.54 Å². The van der Waals surface area contributed by atoms with E-state index in [9.17, 15) is 0 Å². The second-order valence-corrected chi connectivity index (χ2v) is 6.03. The van der Waals surface area contributed by atoms with Gasteiger partial charge in [0.25, 0.3) is 0 Å². The lowest BCUT2D eigenvalue weighted by Crippen LogP contribution is -2.19. The topological polar surface area (TPSA) is 60.6 Å². The Labute approximate surface area is 140 Å². The molecule has 0 bridgehead atoms. The Kier molecular flexibility index (Phi) is 3.74. The zero-order chi connectivity index (χ0) is 16.5. The van der Waals surface area contributed by atoms with Crippen LogP contribution in [0, 0.1) is 6.92 Å². The van der Waals surface area contributed by atoms with Gasteiger partial charge in [0.15, 0.2) is 5.65 Å². The molecule has 0 atom stereocenters. The van der Waals surface area contributed by atoms with Crippen molar-refractivity contribution in [2.45, 2.75) is 20.0 Å². The van der Waals surface area contributed by atoms with Crippen LogP contribution >= 0.6 is 0 Å². The summed E-state index contributed by atoms with van der Waals surface area (Å²) in [5.74, 6) is 0. The van der Waals surface area contributed by atoms with Crippen LogP contribution in [-0.4, -0.2) is 30.9 Å². The lowest BCUT2D eigenvalue weighted by Gasteiger charge is -2.07. The third kappa shape index (κ3) is 2.65. The van der Waals surface area contributed by atoms with Gasteiger partial charge in [0, 0.05) is 38.3 Å². The molecule has 6 nitrogen and oxygen atoms in total. The molecule has 0 radical (unpaired) electrons. The summed E-state index contributed by atoms with van der Waals surface area (Å²) in [4.78, 5) is 8.93. The number of fused-ring (bicyclic) bond motifs is 2. The Morgan fingerprint density at radius 3 is 2.96 bits per heavy atom. The van der Waals surface area contributed by atoms with Crippen LogP contribution in [0.15, 0.2) is 42.9 Å². The highest BCUT2D eigenvalue weighted by Gasteiger charge is 2.07. The first-order valence-electron chi connectivity index (χ1n) is 8.11. The number of imidazole rings is 1.